The molecule has 3 amide bonds. The smallest absolute Gasteiger partial charge is 0.263 e. The van der Waals surface area contributed by atoms with E-state index in [4.69, 9.17) is 9.68 Å². The first-order chi connectivity index (χ1) is 13.1. The first-order valence-corrected chi connectivity index (χ1v) is 9.41. The second-order valence-corrected chi connectivity index (χ2v) is 7.38. The minimum absolute atomic E-state index is 0.0792. The van der Waals surface area contributed by atoms with Crippen molar-refractivity contribution in [2.24, 2.45) is 0 Å². The third-order valence-corrected chi connectivity index (χ3v) is 5.73. The van der Waals surface area contributed by atoms with Gasteiger partial charge in [0.15, 0.2) is 0 Å². The summed E-state index contributed by atoms with van der Waals surface area (Å²) in [5.41, 5.74) is 5.60. The number of nitrogens with one attached hydrogen (secondary N) is 3. The van der Waals surface area contributed by atoms with Crippen LogP contribution in [0.1, 0.15) is 25.7 Å². The highest BCUT2D eigenvalue weighted by atomic mass is 16.7. The van der Waals surface area contributed by atoms with Crippen LogP contribution in [-0.4, -0.2) is 78.0 Å². The van der Waals surface area contributed by atoms with E-state index in [0.717, 1.165) is 12.8 Å². The average molecular weight is 379 g/mol. The monoisotopic (exact) mass is 379 g/mol. The van der Waals surface area contributed by atoms with Gasteiger partial charge in [0.05, 0.1) is 24.4 Å². The summed E-state index contributed by atoms with van der Waals surface area (Å²) in [5.74, 6) is -0.479. The molecule has 4 atom stereocenters. The summed E-state index contributed by atoms with van der Waals surface area (Å²) in [6.07, 6.45) is 2.94. The molecule has 4 aliphatic heterocycles. The summed E-state index contributed by atoms with van der Waals surface area (Å²) in [7, 11) is 0. The van der Waals surface area contributed by atoms with Crippen molar-refractivity contribution in [3.63, 3.8) is 0 Å². The predicted octanol–water partition coefficient (Wildman–Crippen LogP) is -1.59. The average Bonchev–Trinajstić information content (AvgIpc) is 3.41. The van der Waals surface area contributed by atoms with Crippen molar-refractivity contribution in [2.75, 3.05) is 26.3 Å². The summed E-state index contributed by atoms with van der Waals surface area (Å²) in [6.45, 7) is 5.59. The lowest BCUT2D eigenvalue weighted by Crippen LogP contribution is -2.56. The fourth-order valence-electron chi connectivity index (χ4n) is 4.29. The van der Waals surface area contributed by atoms with E-state index in [1.807, 2.05) is 4.90 Å². The second kappa shape index (κ2) is 7.45. The Morgan fingerprint density at radius 3 is 2.52 bits per heavy atom. The van der Waals surface area contributed by atoms with Crippen LogP contribution < -0.4 is 16.3 Å². The van der Waals surface area contributed by atoms with E-state index in [2.05, 4.69) is 22.9 Å². The number of hydrogen-bond acceptors (Lipinski definition) is 7. The molecule has 0 bridgehead atoms. The standard InChI is InChI=1S/C17H25N5O5/c1-10-11(8-26-19-10)18-15(23)12-4-2-7-22(12)17(25)13-5-3-6-21(13)14-9-27-20-16(14)24/h11-14,19H,1-9H2,(H,18,23)(H,20,24)/t11-,12?,13?,14+/m1/s1. The van der Waals surface area contributed by atoms with Gasteiger partial charge >= 0.3 is 0 Å². The molecule has 0 spiro atoms. The Hall–Kier alpha value is -2.17. The Morgan fingerprint density at radius 1 is 1.07 bits per heavy atom. The van der Waals surface area contributed by atoms with Crippen LogP contribution in [0.3, 0.4) is 0 Å². The zero-order valence-electron chi connectivity index (χ0n) is 15.1. The number of rotatable bonds is 4. The Bertz CT molecular complexity index is 656. The molecule has 0 aromatic rings. The van der Waals surface area contributed by atoms with Gasteiger partial charge in [0.25, 0.3) is 5.91 Å². The molecule has 10 heteroatoms. The summed E-state index contributed by atoms with van der Waals surface area (Å²) >= 11 is 0. The Labute approximate surface area is 157 Å². The number of hydroxylamine groups is 2. The van der Waals surface area contributed by atoms with Crippen molar-refractivity contribution in [2.45, 2.75) is 49.9 Å². The van der Waals surface area contributed by atoms with Gasteiger partial charge < -0.3 is 10.2 Å². The van der Waals surface area contributed by atoms with Crippen molar-refractivity contribution in [3.8, 4) is 0 Å². The molecule has 4 aliphatic rings. The van der Waals surface area contributed by atoms with Crippen LogP contribution in [0.25, 0.3) is 0 Å². The quantitative estimate of drug-likeness (QED) is 0.540. The van der Waals surface area contributed by atoms with Gasteiger partial charge in [-0.3, -0.25) is 34.4 Å². The van der Waals surface area contributed by atoms with Crippen molar-refractivity contribution < 1.29 is 24.1 Å². The summed E-state index contributed by atoms with van der Waals surface area (Å²) in [6, 6.07) is -1.62. The van der Waals surface area contributed by atoms with Crippen molar-refractivity contribution in [1.82, 2.24) is 26.1 Å². The van der Waals surface area contributed by atoms with Gasteiger partial charge in [0.1, 0.15) is 18.7 Å². The molecule has 10 nitrogen and oxygen atoms in total. The lowest BCUT2D eigenvalue weighted by atomic mass is 10.1. The molecule has 3 N–H and O–H groups in total. The van der Waals surface area contributed by atoms with Gasteiger partial charge in [0.2, 0.25) is 11.8 Å². The Morgan fingerprint density at radius 2 is 1.81 bits per heavy atom. The largest absolute Gasteiger partial charge is 0.344 e. The first kappa shape index (κ1) is 18.2. The Balaban J connectivity index is 1.43. The molecule has 2 unspecified atom stereocenters. The molecule has 148 valence electrons. The highest BCUT2D eigenvalue weighted by Crippen LogP contribution is 2.27. The number of hydrogen-bond donors (Lipinski definition) is 3. The topological polar surface area (TPSA) is 112 Å². The minimum atomic E-state index is -0.498. The fourth-order valence-corrected chi connectivity index (χ4v) is 4.29. The number of carbonyl (C=O) groups excluding carboxylic acids is 3. The molecular weight excluding hydrogens is 354 g/mol. The lowest BCUT2D eigenvalue weighted by Gasteiger charge is -2.32. The molecule has 0 aliphatic carbocycles. The van der Waals surface area contributed by atoms with Gasteiger partial charge in [0, 0.05) is 6.54 Å². The summed E-state index contributed by atoms with van der Waals surface area (Å²) < 4.78 is 0. The Kier molecular flexibility index (Phi) is 5.02. The van der Waals surface area contributed by atoms with Gasteiger partial charge in [-0.15, -0.1) is 0 Å². The van der Waals surface area contributed by atoms with E-state index in [-0.39, 0.29) is 36.4 Å². The van der Waals surface area contributed by atoms with E-state index in [1.54, 1.807) is 4.90 Å². The molecule has 4 saturated heterocycles. The maximum absolute atomic E-state index is 13.2. The molecule has 0 aromatic heterocycles. The molecule has 4 heterocycles. The third kappa shape index (κ3) is 3.40. The van der Waals surface area contributed by atoms with Gasteiger partial charge in [-0.2, -0.15) is 0 Å². The molecule has 0 aromatic carbocycles. The predicted molar refractivity (Wildman–Crippen MR) is 92.5 cm³/mol. The van der Waals surface area contributed by atoms with E-state index in [9.17, 15) is 14.4 Å². The van der Waals surface area contributed by atoms with Crippen LogP contribution >= 0.6 is 0 Å². The first-order valence-electron chi connectivity index (χ1n) is 9.41. The molecular formula is C17H25N5O5. The minimum Gasteiger partial charge on any atom is -0.344 e. The van der Waals surface area contributed by atoms with E-state index < -0.39 is 12.1 Å². The van der Waals surface area contributed by atoms with Gasteiger partial charge in [-0.05, 0) is 32.2 Å². The van der Waals surface area contributed by atoms with Crippen LogP contribution in [0.15, 0.2) is 12.3 Å². The lowest BCUT2D eigenvalue weighted by molar-refractivity contribution is -0.143. The van der Waals surface area contributed by atoms with Crippen molar-refractivity contribution in [3.05, 3.63) is 12.3 Å². The van der Waals surface area contributed by atoms with Crippen LogP contribution in [-0.2, 0) is 24.1 Å². The third-order valence-electron chi connectivity index (χ3n) is 5.73. The van der Waals surface area contributed by atoms with Crippen molar-refractivity contribution in [1.29, 1.82) is 0 Å². The molecule has 4 rings (SSSR count). The number of carbonyl (C=O) groups is 3. The van der Waals surface area contributed by atoms with Gasteiger partial charge in [-0.25, -0.2) is 5.48 Å². The maximum atomic E-state index is 13.2. The SMILES string of the molecule is C=C1NOC[C@H]1NC(=O)C1CCCN1C(=O)C1CCCN1[C@H]1CONC1=O. The van der Waals surface area contributed by atoms with Crippen LogP contribution in [0.2, 0.25) is 0 Å². The van der Waals surface area contributed by atoms with E-state index >= 15 is 0 Å². The normalized spacial score (nSPS) is 34.0. The highest BCUT2D eigenvalue weighted by Gasteiger charge is 2.45. The van der Waals surface area contributed by atoms with E-state index in [0.29, 0.717) is 38.2 Å². The zero-order valence-corrected chi connectivity index (χ0v) is 15.1. The molecule has 27 heavy (non-hydrogen) atoms. The van der Waals surface area contributed by atoms with Crippen LogP contribution in [0.5, 0.6) is 0 Å². The maximum Gasteiger partial charge on any atom is 0.263 e. The van der Waals surface area contributed by atoms with Crippen LogP contribution in [0.4, 0.5) is 0 Å². The zero-order chi connectivity index (χ0) is 19.0. The molecule has 0 radical (unpaired) electrons. The number of likely N-dealkylation sites (tertiary alicyclic amines) is 2. The second-order valence-electron chi connectivity index (χ2n) is 7.38. The fraction of sp³-hybridized carbons (Fsp3) is 0.706. The van der Waals surface area contributed by atoms with Crippen LogP contribution in [0, 0.1) is 0 Å². The van der Waals surface area contributed by atoms with E-state index in [1.165, 1.54) is 0 Å². The summed E-state index contributed by atoms with van der Waals surface area (Å²) in [4.78, 5) is 51.6. The molecule has 4 fully saturated rings. The summed E-state index contributed by atoms with van der Waals surface area (Å²) in [5, 5.41) is 2.90. The van der Waals surface area contributed by atoms with Crippen molar-refractivity contribution >= 4 is 17.7 Å². The van der Waals surface area contributed by atoms with Gasteiger partial charge in [-0.1, -0.05) is 6.58 Å². The highest BCUT2D eigenvalue weighted by molar-refractivity contribution is 5.91. The number of nitrogens with zero attached hydrogens (tertiary/aromatic N) is 2. The molecule has 0 saturated carbocycles. The number of amides is 3.